The third-order valence-corrected chi connectivity index (χ3v) is 5.90. The molecule has 1 N–H and O–H groups in total. The Hall–Kier alpha value is -4.13. The van der Waals surface area contributed by atoms with Gasteiger partial charge < -0.3 is 19.1 Å². The molecule has 0 aliphatic rings. The number of ether oxygens (including phenoxy) is 2. The Labute approximate surface area is 216 Å². The van der Waals surface area contributed by atoms with Crippen molar-refractivity contribution >= 4 is 23.2 Å². The molecule has 7 heteroatoms. The minimum absolute atomic E-state index is 0.232. The molecule has 0 aliphatic carbocycles. The number of carboxylic acid groups (broad SMARTS) is 1. The largest absolute Gasteiger partial charge is 0.514 e. The van der Waals surface area contributed by atoms with Crippen molar-refractivity contribution in [1.82, 2.24) is 9.55 Å². The first-order valence-electron chi connectivity index (χ1n) is 12.5. The number of rotatable bonds is 8. The summed E-state index contributed by atoms with van der Waals surface area (Å²) in [6.07, 6.45) is 2.13. The van der Waals surface area contributed by atoms with Gasteiger partial charge in [-0.3, -0.25) is 0 Å². The maximum Gasteiger partial charge on any atom is 0.514 e. The number of hydrogen-bond acceptors (Lipinski definition) is 5. The Morgan fingerprint density at radius 2 is 1.73 bits per heavy atom. The van der Waals surface area contributed by atoms with Crippen molar-refractivity contribution < 1.29 is 24.2 Å². The van der Waals surface area contributed by atoms with Gasteiger partial charge in [0.15, 0.2) is 0 Å². The van der Waals surface area contributed by atoms with Crippen LogP contribution in [0.1, 0.15) is 62.3 Å². The summed E-state index contributed by atoms with van der Waals surface area (Å²) < 4.78 is 13.0. The maximum absolute atomic E-state index is 12.2. The predicted molar refractivity (Wildman–Crippen MR) is 143 cm³/mol. The van der Waals surface area contributed by atoms with Gasteiger partial charge in [-0.25, -0.2) is 14.6 Å². The van der Waals surface area contributed by atoms with Gasteiger partial charge >= 0.3 is 12.1 Å². The third kappa shape index (κ3) is 6.36. The lowest BCUT2D eigenvalue weighted by Crippen LogP contribution is -2.26. The van der Waals surface area contributed by atoms with Crippen LogP contribution in [0, 0.1) is 0 Å². The molecule has 0 saturated heterocycles. The first-order valence-corrected chi connectivity index (χ1v) is 12.5. The van der Waals surface area contributed by atoms with E-state index in [2.05, 4.69) is 11.5 Å². The second kappa shape index (κ2) is 10.9. The average Bonchev–Trinajstić information content (AvgIpc) is 3.18. The molecule has 0 bridgehead atoms. The van der Waals surface area contributed by atoms with E-state index in [1.807, 2.05) is 48.5 Å². The highest BCUT2D eigenvalue weighted by Crippen LogP contribution is 2.31. The Morgan fingerprint density at radius 1 is 1.00 bits per heavy atom. The molecular weight excluding hydrogens is 468 g/mol. The second-order valence-corrected chi connectivity index (χ2v) is 9.99. The molecule has 0 unspecified atom stereocenters. The van der Waals surface area contributed by atoms with E-state index >= 15 is 0 Å². The SMILES string of the molecule is CCCCc1nc2cc(C(=O)O)ccc2n1Cc1ccc(-c2ccccc2OC(=O)OC(C)(C)C)cc1. The van der Waals surface area contributed by atoms with E-state index in [0.29, 0.717) is 17.8 Å². The van der Waals surface area contributed by atoms with Crippen LogP contribution >= 0.6 is 0 Å². The van der Waals surface area contributed by atoms with E-state index in [-0.39, 0.29) is 5.56 Å². The monoisotopic (exact) mass is 500 g/mol. The van der Waals surface area contributed by atoms with Crippen LogP contribution in [-0.4, -0.2) is 32.4 Å². The highest BCUT2D eigenvalue weighted by Gasteiger charge is 2.20. The standard InChI is InChI=1S/C30H32N2O5/c1-5-6-11-27-31-24-18-22(28(33)34)16-17-25(24)32(27)19-20-12-14-21(15-13-20)23-9-7-8-10-26(23)36-29(35)37-30(2,3)4/h7-10,12-18H,5-6,11,19H2,1-4H3,(H,33,34). The van der Waals surface area contributed by atoms with Crippen LogP contribution in [0.25, 0.3) is 22.2 Å². The van der Waals surface area contributed by atoms with Gasteiger partial charge in [-0.1, -0.05) is 55.8 Å². The number of imidazole rings is 1. The molecule has 192 valence electrons. The first kappa shape index (κ1) is 25.9. The highest BCUT2D eigenvalue weighted by atomic mass is 16.7. The van der Waals surface area contributed by atoms with Crippen LogP contribution in [0.2, 0.25) is 0 Å². The lowest BCUT2D eigenvalue weighted by molar-refractivity contribution is 0.0207. The van der Waals surface area contributed by atoms with Gasteiger partial charge in [0.2, 0.25) is 0 Å². The molecule has 0 fully saturated rings. The number of para-hydroxylation sites is 1. The molecule has 1 heterocycles. The van der Waals surface area contributed by atoms with E-state index in [4.69, 9.17) is 14.5 Å². The highest BCUT2D eigenvalue weighted by molar-refractivity contribution is 5.92. The molecule has 3 aromatic carbocycles. The van der Waals surface area contributed by atoms with Crippen LogP contribution < -0.4 is 4.74 Å². The van der Waals surface area contributed by atoms with Crippen LogP contribution in [0.4, 0.5) is 4.79 Å². The van der Waals surface area contributed by atoms with E-state index in [1.54, 1.807) is 39.0 Å². The Morgan fingerprint density at radius 3 is 2.41 bits per heavy atom. The second-order valence-electron chi connectivity index (χ2n) is 9.99. The number of hydrogen-bond donors (Lipinski definition) is 1. The number of carboxylic acids is 1. The number of unbranched alkanes of at least 4 members (excludes halogenated alkanes) is 1. The molecule has 37 heavy (non-hydrogen) atoms. The molecule has 7 nitrogen and oxygen atoms in total. The summed E-state index contributed by atoms with van der Waals surface area (Å²) in [6.45, 7) is 8.13. The van der Waals surface area contributed by atoms with Gasteiger partial charge in [0.1, 0.15) is 17.2 Å². The molecule has 0 atom stereocenters. The summed E-state index contributed by atoms with van der Waals surface area (Å²) in [5, 5.41) is 9.37. The summed E-state index contributed by atoms with van der Waals surface area (Å²) >= 11 is 0. The fourth-order valence-electron chi connectivity index (χ4n) is 4.14. The summed E-state index contributed by atoms with van der Waals surface area (Å²) in [4.78, 5) is 28.4. The van der Waals surface area contributed by atoms with Crippen molar-refractivity contribution in [3.05, 3.63) is 83.7 Å². The molecule has 1 aromatic heterocycles. The Bertz CT molecular complexity index is 1410. The fraction of sp³-hybridized carbons (Fsp3) is 0.300. The maximum atomic E-state index is 12.2. The summed E-state index contributed by atoms with van der Waals surface area (Å²) in [7, 11) is 0. The van der Waals surface area contributed by atoms with Crippen molar-refractivity contribution in [2.75, 3.05) is 0 Å². The zero-order valence-corrected chi connectivity index (χ0v) is 21.7. The molecule has 4 aromatic rings. The number of carbonyl (C=O) groups is 2. The van der Waals surface area contributed by atoms with Crippen LogP contribution in [0.3, 0.4) is 0 Å². The zero-order valence-electron chi connectivity index (χ0n) is 21.7. The van der Waals surface area contributed by atoms with E-state index < -0.39 is 17.7 Å². The third-order valence-electron chi connectivity index (χ3n) is 5.90. The van der Waals surface area contributed by atoms with Crippen molar-refractivity contribution in [2.24, 2.45) is 0 Å². The normalized spacial score (nSPS) is 11.5. The zero-order chi connectivity index (χ0) is 26.6. The van der Waals surface area contributed by atoms with Gasteiger partial charge in [-0.2, -0.15) is 0 Å². The van der Waals surface area contributed by atoms with E-state index in [1.165, 1.54) is 0 Å². The predicted octanol–water partition coefficient (Wildman–Crippen LogP) is 7.11. The summed E-state index contributed by atoms with van der Waals surface area (Å²) in [6, 6.07) is 20.5. The smallest absolute Gasteiger partial charge is 0.478 e. The van der Waals surface area contributed by atoms with Crippen LogP contribution in [-0.2, 0) is 17.7 Å². The number of nitrogens with zero attached hydrogens (tertiary/aromatic N) is 2. The van der Waals surface area contributed by atoms with E-state index in [9.17, 15) is 14.7 Å². The van der Waals surface area contributed by atoms with Crippen molar-refractivity contribution in [2.45, 2.75) is 59.1 Å². The van der Waals surface area contributed by atoms with Gasteiger partial charge in [-0.15, -0.1) is 0 Å². The van der Waals surface area contributed by atoms with Crippen molar-refractivity contribution in [1.29, 1.82) is 0 Å². The number of aromatic carboxylic acids is 1. The van der Waals surface area contributed by atoms with Gasteiger partial charge in [0.25, 0.3) is 0 Å². The van der Waals surface area contributed by atoms with Crippen molar-refractivity contribution in [3.8, 4) is 16.9 Å². The molecule has 4 rings (SSSR count). The van der Waals surface area contributed by atoms with Crippen LogP contribution in [0.5, 0.6) is 5.75 Å². The van der Waals surface area contributed by atoms with Crippen molar-refractivity contribution in [3.63, 3.8) is 0 Å². The number of aryl methyl sites for hydroxylation is 1. The molecule has 0 amide bonds. The average molecular weight is 501 g/mol. The lowest BCUT2D eigenvalue weighted by Gasteiger charge is -2.19. The minimum atomic E-state index is -0.960. The Kier molecular flexibility index (Phi) is 7.62. The Balaban J connectivity index is 1.60. The molecule has 0 radical (unpaired) electrons. The number of carbonyl (C=O) groups excluding carboxylic acids is 1. The summed E-state index contributed by atoms with van der Waals surface area (Å²) in [5.41, 5.74) is 3.97. The molecule has 0 aliphatic heterocycles. The number of aromatic nitrogens is 2. The van der Waals surface area contributed by atoms with Gasteiger partial charge in [-0.05, 0) is 62.6 Å². The van der Waals surface area contributed by atoms with Gasteiger partial charge in [0, 0.05) is 18.5 Å². The topological polar surface area (TPSA) is 90.6 Å². The number of fused-ring (bicyclic) bond motifs is 1. The molecular formula is C30H32N2O5. The van der Waals surface area contributed by atoms with Gasteiger partial charge in [0.05, 0.1) is 16.6 Å². The fourth-order valence-corrected chi connectivity index (χ4v) is 4.14. The number of benzene rings is 3. The quantitative estimate of drug-likeness (QED) is 0.205. The first-order chi connectivity index (χ1) is 17.6. The molecule has 0 spiro atoms. The minimum Gasteiger partial charge on any atom is -0.478 e. The lowest BCUT2D eigenvalue weighted by atomic mass is 10.0. The molecule has 0 saturated carbocycles. The van der Waals surface area contributed by atoms with E-state index in [0.717, 1.165) is 47.3 Å². The van der Waals surface area contributed by atoms with Crippen LogP contribution in [0.15, 0.2) is 66.7 Å². The summed E-state index contributed by atoms with van der Waals surface area (Å²) in [5.74, 6) is 0.416.